The second-order valence-corrected chi connectivity index (χ2v) is 4.29. The summed E-state index contributed by atoms with van der Waals surface area (Å²) in [5.41, 5.74) is 0. The van der Waals surface area contributed by atoms with E-state index in [9.17, 15) is 9.59 Å². The summed E-state index contributed by atoms with van der Waals surface area (Å²) in [6.45, 7) is 3.70. The van der Waals surface area contributed by atoms with Crippen LogP contribution in [-0.4, -0.2) is 42.1 Å². The highest BCUT2D eigenvalue weighted by Gasteiger charge is 2.27. The minimum absolute atomic E-state index is 0.0176. The van der Waals surface area contributed by atoms with Gasteiger partial charge < -0.3 is 10.2 Å². The van der Waals surface area contributed by atoms with E-state index in [-0.39, 0.29) is 11.8 Å². The van der Waals surface area contributed by atoms with Crippen LogP contribution in [0.15, 0.2) is 0 Å². The van der Waals surface area contributed by atoms with Crippen LogP contribution in [0, 0.1) is 5.92 Å². The molecule has 1 aliphatic heterocycles. The normalized spacial score (nSPS) is 20.8. The van der Waals surface area contributed by atoms with Crippen LogP contribution < -0.4 is 5.32 Å². The first-order valence-electron chi connectivity index (χ1n) is 5.26. The van der Waals surface area contributed by atoms with E-state index in [2.05, 4.69) is 17.9 Å². The van der Waals surface area contributed by atoms with E-state index in [0.29, 0.717) is 18.9 Å². The van der Waals surface area contributed by atoms with Crippen molar-refractivity contribution in [2.24, 2.45) is 5.92 Å². The molecule has 0 aromatic carbocycles. The van der Waals surface area contributed by atoms with Crippen LogP contribution in [0.25, 0.3) is 0 Å². The van der Waals surface area contributed by atoms with E-state index in [1.807, 2.05) is 4.90 Å². The molecule has 4 nitrogen and oxygen atoms in total. The predicted octanol–water partition coefficient (Wildman–Crippen LogP) is 0.291. The molecule has 0 bridgehead atoms. The Labute approximate surface area is 95.8 Å². The number of thiol groups is 1. The molecule has 0 aliphatic carbocycles. The summed E-state index contributed by atoms with van der Waals surface area (Å²) >= 11 is 4.20. The molecule has 0 spiro atoms. The quantitative estimate of drug-likeness (QED) is 0.527. The van der Waals surface area contributed by atoms with E-state index >= 15 is 0 Å². The summed E-state index contributed by atoms with van der Waals surface area (Å²) in [4.78, 5) is 23.9. The van der Waals surface area contributed by atoms with Gasteiger partial charge in [-0.15, -0.1) is 0 Å². The molecular weight excluding hydrogens is 212 g/mol. The van der Waals surface area contributed by atoms with Gasteiger partial charge in [-0.3, -0.25) is 9.59 Å². The number of nitrogens with zero attached hydrogens (tertiary/aromatic N) is 1. The fourth-order valence-corrected chi connectivity index (χ4v) is 1.97. The maximum absolute atomic E-state index is 11.5. The van der Waals surface area contributed by atoms with Crippen LogP contribution in [0.4, 0.5) is 0 Å². The Kier molecular flexibility index (Phi) is 4.94. The Bertz CT molecular complexity index is 246. The third-order valence-electron chi connectivity index (χ3n) is 2.53. The van der Waals surface area contributed by atoms with Gasteiger partial charge >= 0.3 is 0 Å². The van der Waals surface area contributed by atoms with E-state index in [4.69, 9.17) is 0 Å². The van der Waals surface area contributed by atoms with E-state index in [0.717, 1.165) is 25.3 Å². The van der Waals surface area contributed by atoms with Crippen LogP contribution in [0.3, 0.4) is 0 Å². The van der Waals surface area contributed by atoms with Gasteiger partial charge in [0.2, 0.25) is 11.8 Å². The summed E-state index contributed by atoms with van der Waals surface area (Å²) < 4.78 is 0. The van der Waals surface area contributed by atoms with Gasteiger partial charge in [0.1, 0.15) is 0 Å². The number of amides is 2. The van der Waals surface area contributed by atoms with Crippen molar-refractivity contribution in [1.29, 1.82) is 0 Å². The number of rotatable bonds is 5. The van der Waals surface area contributed by atoms with Crippen molar-refractivity contribution in [2.45, 2.75) is 19.8 Å². The molecule has 1 N–H and O–H groups in total. The topological polar surface area (TPSA) is 49.4 Å². The van der Waals surface area contributed by atoms with Crippen molar-refractivity contribution in [2.75, 3.05) is 25.4 Å². The molecular formula is C10H18N2O2S. The molecule has 2 amide bonds. The number of hydrogen-bond donors (Lipinski definition) is 2. The lowest BCUT2D eigenvalue weighted by Gasteiger charge is -2.16. The van der Waals surface area contributed by atoms with Crippen molar-refractivity contribution >= 4 is 24.4 Å². The van der Waals surface area contributed by atoms with Gasteiger partial charge in [-0.2, -0.15) is 12.6 Å². The summed E-state index contributed by atoms with van der Waals surface area (Å²) in [6.07, 6.45) is 1.45. The zero-order valence-electron chi connectivity index (χ0n) is 9.03. The molecule has 1 unspecified atom stereocenters. The van der Waals surface area contributed by atoms with Crippen molar-refractivity contribution in [3.63, 3.8) is 0 Å². The van der Waals surface area contributed by atoms with Crippen molar-refractivity contribution < 1.29 is 9.59 Å². The molecule has 1 atom stereocenters. The summed E-state index contributed by atoms with van der Waals surface area (Å²) in [6, 6.07) is 0. The lowest BCUT2D eigenvalue weighted by molar-refractivity contribution is -0.127. The molecule has 1 heterocycles. The fraction of sp³-hybridized carbons (Fsp3) is 0.800. The molecule has 1 rings (SSSR count). The van der Waals surface area contributed by atoms with E-state index in [1.54, 1.807) is 0 Å². The van der Waals surface area contributed by atoms with Crippen LogP contribution in [0.2, 0.25) is 0 Å². The van der Waals surface area contributed by atoms with Crippen molar-refractivity contribution in [1.82, 2.24) is 10.2 Å². The third-order valence-corrected chi connectivity index (χ3v) is 3.05. The number of likely N-dealkylation sites (tertiary alicyclic amines) is 1. The average Bonchev–Trinajstić information content (AvgIpc) is 2.54. The Morgan fingerprint density at radius 3 is 2.93 bits per heavy atom. The molecule has 0 aromatic heterocycles. The number of hydrogen-bond acceptors (Lipinski definition) is 3. The lowest BCUT2D eigenvalue weighted by atomic mass is 10.1. The molecule has 86 valence electrons. The Balaban J connectivity index is 2.16. The minimum Gasteiger partial charge on any atom is -0.356 e. The van der Waals surface area contributed by atoms with Gasteiger partial charge in [0.15, 0.2) is 0 Å². The second kappa shape index (κ2) is 6.00. The monoisotopic (exact) mass is 230 g/mol. The Hall–Kier alpha value is -0.710. The minimum atomic E-state index is -0.0176. The van der Waals surface area contributed by atoms with Gasteiger partial charge in [-0.05, 0) is 18.1 Å². The first-order chi connectivity index (χ1) is 7.13. The van der Waals surface area contributed by atoms with Gasteiger partial charge in [0, 0.05) is 33.0 Å². The molecule has 5 heteroatoms. The third kappa shape index (κ3) is 4.11. The SMILES string of the molecule is CC(=O)NCCCN1CC(CS)CC1=O. The van der Waals surface area contributed by atoms with Gasteiger partial charge in [0.25, 0.3) is 0 Å². The number of carbonyl (C=O) groups excluding carboxylic acids is 2. The Morgan fingerprint density at radius 2 is 2.40 bits per heavy atom. The summed E-state index contributed by atoms with van der Waals surface area (Å²) in [5, 5.41) is 2.72. The van der Waals surface area contributed by atoms with Gasteiger partial charge in [-0.1, -0.05) is 0 Å². The highest BCUT2D eigenvalue weighted by Crippen LogP contribution is 2.18. The number of nitrogens with one attached hydrogen (secondary N) is 1. The molecule has 0 radical (unpaired) electrons. The summed E-state index contributed by atoms with van der Waals surface area (Å²) in [5.74, 6) is 1.38. The molecule has 1 fully saturated rings. The zero-order chi connectivity index (χ0) is 11.3. The van der Waals surface area contributed by atoms with Crippen LogP contribution in [-0.2, 0) is 9.59 Å². The predicted molar refractivity (Wildman–Crippen MR) is 61.8 cm³/mol. The summed E-state index contributed by atoms with van der Waals surface area (Å²) in [7, 11) is 0. The number of carbonyl (C=O) groups is 2. The molecule has 0 saturated carbocycles. The second-order valence-electron chi connectivity index (χ2n) is 3.93. The lowest BCUT2D eigenvalue weighted by Crippen LogP contribution is -2.30. The van der Waals surface area contributed by atoms with E-state index < -0.39 is 0 Å². The van der Waals surface area contributed by atoms with E-state index in [1.165, 1.54) is 6.92 Å². The molecule has 15 heavy (non-hydrogen) atoms. The molecule has 1 saturated heterocycles. The van der Waals surface area contributed by atoms with Gasteiger partial charge in [-0.25, -0.2) is 0 Å². The van der Waals surface area contributed by atoms with Crippen LogP contribution in [0.1, 0.15) is 19.8 Å². The average molecular weight is 230 g/mol. The largest absolute Gasteiger partial charge is 0.356 e. The fourth-order valence-electron chi connectivity index (χ4n) is 1.73. The highest BCUT2D eigenvalue weighted by molar-refractivity contribution is 7.80. The maximum Gasteiger partial charge on any atom is 0.222 e. The Morgan fingerprint density at radius 1 is 1.67 bits per heavy atom. The van der Waals surface area contributed by atoms with Gasteiger partial charge in [0.05, 0.1) is 0 Å². The van der Waals surface area contributed by atoms with Crippen LogP contribution in [0.5, 0.6) is 0 Å². The maximum atomic E-state index is 11.5. The first kappa shape index (κ1) is 12.4. The highest BCUT2D eigenvalue weighted by atomic mass is 32.1. The zero-order valence-corrected chi connectivity index (χ0v) is 9.93. The smallest absolute Gasteiger partial charge is 0.222 e. The van der Waals surface area contributed by atoms with Crippen molar-refractivity contribution in [3.8, 4) is 0 Å². The first-order valence-corrected chi connectivity index (χ1v) is 5.89. The molecule has 1 aliphatic rings. The molecule has 0 aromatic rings. The standard InChI is InChI=1S/C10H18N2O2S/c1-8(13)11-3-2-4-12-6-9(7-15)5-10(12)14/h9,15H,2-7H2,1H3,(H,11,13). The van der Waals surface area contributed by atoms with Crippen LogP contribution >= 0.6 is 12.6 Å². The van der Waals surface area contributed by atoms with Crippen molar-refractivity contribution in [3.05, 3.63) is 0 Å².